The normalized spacial score (nSPS) is 12.9. The van der Waals surface area contributed by atoms with Crippen LogP contribution in [0.5, 0.6) is 0 Å². The first kappa shape index (κ1) is 22.5. The van der Waals surface area contributed by atoms with Gasteiger partial charge < -0.3 is 14.8 Å². The highest BCUT2D eigenvalue weighted by atomic mass is 32.2. The highest BCUT2D eigenvalue weighted by Gasteiger charge is 2.34. The second kappa shape index (κ2) is 9.04. The molecule has 7 nitrogen and oxygen atoms in total. The molecule has 0 radical (unpaired) electrons. The largest absolute Gasteiger partial charge is 0.361 e. The lowest BCUT2D eigenvalue weighted by molar-refractivity contribution is 0.353. The molecular weight excluding hydrogens is 467 g/mol. The van der Waals surface area contributed by atoms with Crippen LogP contribution in [0.4, 0.5) is 0 Å². The Labute approximate surface area is 189 Å². The third kappa shape index (κ3) is 5.19. The van der Waals surface area contributed by atoms with E-state index in [4.69, 9.17) is 0 Å². The van der Waals surface area contributed by atoms with Crippen LogP contribution in [0.1, 0.15) is 16.0 Å². The van der Waals surface area contributed by atoms with Gasteiger partial charge in [-0.15, -0.1) is 11.3 Å². The molecule has 32 heavy (non-hydrogen) atoms. The number of aromatic amines is 1. The van der Waals surface area contributed by atoms with Crippen molar-refractivity contribution in [2.45, 2.75) is 16.4 Å². The van der Waals surface area contributed by atoms with Gasteiger partial charge in [-0.05, 0) is 35.9 Å². The standard InChI is InChI=1S/C22H19N2O5PS2/c25-30(26,27)21(14-17-15-23-20-9-5-4-8-19(17)20)24-32(28,29)22-13-12-18(31-22)11-10-16-6-2-1-3-7-16/h1-9,12-13,15,21,23-24H,14H2,(H2,25,26,27)/t21-/m0/s1. The van der Waals surface area contributed by atoms with E-state index in [1.807, 2.05) is 48.5 Å². The summed E-state index contributed by atoms with van der Waals surface area (Å²) in [5.41, 5.74) is 2.20. The fourth-order valence-corrected chi connectivity index (χ4v) is 6.81. The Balaban J connectivity index is 1.57. The predicted molar refractivity (Wildman–Crippen MR) is 125 cm³/mol. The van der Waals surface area contributed by atoms with E-state index < -0.39 is 23.4 Å². The van der Waals surface area contributed by atoms with Crippen molar-refractivity contribution in [3.8, 4) is 11.8 Å². The van der Waals surface area contributed by atoms with Gasteiger partial charge in [-0.3, -0.25) is 4.57 Å². The molecule has 2 aromatic carbocycles. The maximum atomic E-state index is 12.9. The van der Waals surface area contributed by atoms with Gasteiger partial charge in [0.25, 0.3) is 10.0 Å². The molecule has 0 aliphatic heterocycles. The van der Waals surface area contributed by atoms with Gasteiger partial charge in [0.15, 0.2) is 0 Å². The summed E-state index contributed by atoms with van der Waals surface area (Å²) in [6, 6.07) is 19.5. The fourth-order valence-electron chi connectivity index (χ4n) is 3.16. The number of sulfonamides is 1. The summed E-state index contributed by atoms with van der Waals surface area (Å²) < 4.78 is 40.0. The molecule has 0 amide bonds. The Hall–Kier alpha value is -2.70. The Morgan fingerprint density at radius 3 is 2.47 bits per heavy atom. The molecule has 2 heterocycles. The van der Waals surface area contributed by atoms with Gasteiger partial charge >= 0.3 is 7.60 Å². The Morgan fingerprint density at radius 2 is 1.72 bits per heavy atom. The van der Waals surface area contributed by atoms with E-state index in [9.17, 15) is 22.8 Å². The molecule has 0 saturated heterocycles. The first-order valence-corrected chi connectivity index (χ1v) is 13.5. The first-order chi connectivity index (χ1) is 15.2. The Kier molecular flexibility index (Phi) is 6.35. The average Bonchev–Trinajstić information content (AvgIpc) is 3.40. The first-order valence-electron chi connectivity index (χ1n) is 9.52. The molecule has 0 aliphatic rings. The summed E-state index contributed by atoms with van der Waals surface area (Å²) in [5.74, 6) is 4.26. The fraction of sp³-hybridized carbons (Fsp3) is 0.0909. The molecule has 0 fully saturated rings. The molecule has 0 spiro atoms. The molecular formula is C22H19N2O5PS2. The molecule has 1 atom stereocenters. The molecule has 4 rings (SSSR count). The van der Waals surface area contributed by atoms with E-state index in [1.54, 1.807) is 18.3 Å². The van der Waals surface area contributed by atoms with Crippen molar-refractivity contribution in [1.82, 2.24) is 9.71 Å². The zero-order valence-electron chi connectivity index (χ0n) is 16.6. The highest BCUT2D eigenvalue weighted by molar-refractivity contribution is 7.92. The summed E-state index contributed by atoms with van der Waals surface area (Å²) in [5, 5.41) is 0.778. The van der Waals surface area contributed by atoms with Gasteiger partial charge in [0.05, 0.1) is 4.88 Å². The van der Waals surface area contributed by atoms with Gasteiger partial charge in [-0.2, -0.15) is 4.72 Å². The van der Waals surface area contributed by atoms with Crippen molar-refractivity contribution < 1.29 is 22.8 Å². The van der Waals surface area contributed by atoms with Crippen molar-refractivity contribution >= 4 is 39.9 Å². The third-order valence-corrected chi connectivity index (χ3v) is 9.00. The predicted octanol–water partition coefficient (Wildman–Crippen LogP) is 3.65. The summed E-state index contributed by atoms with van der Waals surface area (Å²) in [6.45, 7) is 0. The van der Waals surface area contributed by atoms with Gasteiger partial charge in [-0.1, -0.05) is 48.2 Å². The number of H-pyrrole nitrogens is 1. The smallest absolute Gasteiger partial charge is 0.343 e. The molecule has 0 saturated carbocycles. The minimum Gasteiger partial charge on any atom is -0.361 e. The van der Waals surface area contributed by atoms with Gasteiger partial charge in [0.2, 0.25) is 0 Å². The molecule has 164 valence electrons. The number of benzene rings is 2. The van der Waals surface area contributed by atoms with E-state index in [0.29, 0.717) is 10.4 Å². The summed E-state index contributed by atoms with van der Waals surface area (Å²) in [7, 11) is -8.95. The van der Waals surface area contributed by atoms with Crippen molar-refractivity contribution in [2.75, 3.05) is 0 Å². The topological polar surface area (TPSA) is 119 Å². The number of para-hydroxylation sites is 1. The zero-order valence-corrected chi connectivity index (χ0v) is 19.1. The van der Waals surface area contributed by atoms with E-state index in [0.717, 1.165) is 27.8 Å². The second-order valence-corrected chi connectivity index (χ2v) is 11.9. The molecule has 0 unspecified atom stereocenters. The van der Waals surface area contributed by atoms with Crippen LogP contribution in [-0.4, -0.2) is 29.0 Å². The van der Waals surface area contributed by atoms with Crippen LogP contribution in [0.25, 0.3) is 10.9 Å². The van der Waals surface area contributed by atoms with Crippen molar-refractivity contribution in [3.05, 3.63) is 88.9 Å². The number of thiophene rings is 1. The van der Waals surface area contributed by atoms with E-state index >= 15 is 0 Å². The van der Waals surface area contributed by atoms with E-state index in [2.05, 4.69) is 21.5 Å². The number of aromatic nitrogens is 1. The monoisotopic (exact) mass is 486 g/mol. The molecule has 10 heteroatoms. The van der Waals surface area contributed by atoms with Gasteiger partial charge in [-0.25, -0.2) is 8.42 Å². The number of hydrogen-bond donors (Lipinski definition) is 4. The maximum absolute atomic E-state index is 12.9. The number of nitrogens with one attached hydrogen (secondary N) is 2. The zero-order chi connectivity index (χ0) is 22.8. The Bertz CT molecular complexity index is 1460. The summed E-state index contributed by atoms with van der Waals surface area (Å²) >= 11 is 0.939. The minimum atomic E-state index is -4.79. The molecule has 0 bridgehead atoms. The van der Waals surface area contributed by atoms with Crippen LogP contribution >= 0.6 is 18.9 Å². The van der Waals surface area contributed by atoms with Crippen molar-refractivity contribution in [3.63, 3.8) is 0 Å². The number of fused-ring (bicyclic) bond motifs is 1. The third-order valence-electron chi connectivity index (χ3n) is 4.74. The second-order valence-electron chi connectivity index (χ2n) is 7.02. The van der Waals surface area contributed by atoms with Crippen LogP contribution in [0.3, 0.4) is 0 Å². The van der Waals surface area contributed by atoms with E-state index in [-0.39, 0.29) is 10.6 Å². The van der Waals surface area contributed by atoms with Crippen LogP contribution in [0.15, 0.2) is 77.1 Å². The molecule has 4 N–H and O–H groups in total. The van der Waals surface area contributed by atoms with Crippen LogP contribution in [0.2, 0.25) is 0 Å². The maximum Gasteiger partial charge on any atom is 0.343 e. The van der Waals surface area contributed by atoms with Crippen LogP contribution in [-0.2, 0) is 21.0 Å². The lowest BCUT2D eigenvalue weighted by Crippen LogP contribution is -2.36. The SMILES string of the molecule is O=P(O)(O)[C@@H](Cc1c[nH]c2ccccc12)NS(=O)(=O)c1ccc(C#Cc2ccccc2)s1. The number of hydrogen-bond acceptors (Lipinski definition) is 4. The van der Waals surface area contributed by atoms with Crippen LogP contribution < -0.4 is 4.72 Å². The lowest BCUT2D eigenvalue weighted by atomic mass is 10.1. The molecule has 2 aromatic heterocycles. The van der Waals surface area contributed by atoms with E-state index in [1.165, 1.54) is 6.07 Å². The quantitative estimate of drug-likeness (QED) is 0.245. The van der Waals surface area contributed by atoms with Crippen LogP contribution in [0, 0.1) is 11.8 Å². The minimum absolute atomic E-state index is 0.0627. The van der Waals surface area contributed by atoms with Crippen molar-refractivity contribution in [2.24, 2.45) is 0 Å². The average molecular weight is 487 g/mol. The van der Waals surface area contributed by atoms with Gasteiger partial charge in [0, 0.05) is 29.1 Å². The lowest BCUT2D eigenvalue weighted by Gasteiger charge is -2.19. The number of rotatable bonds is 6. The molecule has 4 aromatic rings. The Morgan fingerprint density at radius 1 is 1.00 bits per heavy atom. The summed E-state index contributed by atoms with van der Waals surface area (Å²) in [6.07, 6.45) is 1.46. The highest BCUT2D eigenvalue weighted by Crippen LogP contribution is 2.43. The molecule has 0 aliphatic carbocycles. The van der Waals surface area contributed by atoms with Crippen molar-refractivity contribution in [1.29, 1.82) is 0 Å². The summed E-state index contributed by atoms with van der Waals surface area (Å²) in [4.78, 5) is 23.2. The van der Waals surface area contributed by atoms with Gasteiger partial charge in [0.1, 0.15) is 9.99 Å².